The zero-order valence-electron chi connectivity index (χ0n) is 9.59. The molecule has 1 unspecified atom stereocenters. The summed E-state index contributed by atoms with van der Waals surface area (Å²) in [6.07, 6.45) is 3.23. The molecule has 0 aromatic carbocycles. The highest BCUT2D eigenvalue weighted by molar-refractivity contribution is 5.83. The summed E-state index contributed by atoms with van der Waals surface area (Å²) in [5.74, 6) is 0.863. The first kappa shape index (κ1) is 11.6. The van der Waals surface area contributed by atoms with Gasteiger partial charge in [-0.05, 0) is 0 Å². The number of primary amides is 1. The van der Waals surface area contributed by atoms with Crippen molar-refractivity contribution >= 4 is 17.5 Å². The van der Waals surface area contributed by atoms with Crippen molar-refractivity contribution in [2.45, 2.75) is 6.04 Å². The van der Waals surface area contributed by atoms with Crippen molar-refractivity contribution in [2.24, 2.45) is 5.73 Å². The van der Waals surface area contributed by atoms with Crippen LogP contribution in [0.2, 0.25) is 0 Å². The minimum atomic E-state index is -0.481. The van der Waals surface area contributed by atoms with Gasteiger partial charge in [-0.2, -0.15) is 0 Å². The third-order valence-electron chi connectivity index (χ3n) is 2.63. The summed E-state index contributed by atoms with van der Waals surface area (Å²) in [6, 6.07) is -0.481. The molecule has 7 nitrogen and oxygen atoms in total. The largest absolute Gasteiger partial charge is 0.377 e. The van der Waals surface area contributed by atoms with Gasteiger partial charge in [0.25, 0.3) is 0 Å². The van der Waals surface area contributed by atoms with Crippen molar-refractivity contribution in [3.8, 4) is 0 Å². The standard InChI is InChI=1S/C10H15N5O2/c1-12-8-4-13-5-9(14-8)15-2-3-17-6-7(15)10(11)16/h4-5,7H,2-3,6H2,1H3,(H2,11,16)(H,12,14). The van der Waals surface area contributed by atoms with Crippen LogP contribution in [-0.2, 0) is 9.53 Å². The van der Waals surface area contributed by atoms with Crippen LogP contribution in [0.1, 0.15) is 0 Å². The second-order valence-electron chi connectivity index (χ2n) is 3.70. The third-order valence-corrected chi connectivity index (χ3v) is 2.63. The molecule has 17 heavy (non-hydrogen) atoms. The Morgan fingerprint density at radius 2 is 2.47 bits per heavy atom. The summed E-state index contributed by atoms with van der Waals surface area (Å²) in [5, 5.41) is 2.90. The van der Waals surface area contributed by atoms with Gasteiger partial charge in [0.2, 0.25) is 5.91 Å². The van der Waals surface area contributed by atoms with Crippen LogP contribution < -0.4 is 16.0 Å². The number of rotatable bonds is 3. The molecule has 1 saturated heterocycles. The van der Waals surface area contributed by atoms with Gasteiger partial charge in [0.05, 0.1) is 25.6 Å². The SMILES string of the molecule is CNc1cncc(N2CCOCC2C(N)=O)n1. The van der Waals surface area contributed by atoms with Crippen LogP contribution >= 0.6 is 0 Å². The third kappa shape index (κ3) is 2.44. The first-order chi connectivity index (χ1) is 8.22. The molecule has 0 aliphatic carbocycles. The first-order valence-electron chi connectivity index (χ1n) is 5.36. The quantitative estimate of drug-likeness (QED) is 0.715. The average Bonchev–Trinajstić information content (AvgIpc) is 2.39. The molecule has 1 aromatic rings. The number of morpholine rings is 1. The molecule has 1 aliphatic heterocycles. The molecule has 0 radical (unpaired) electrons. The molecule has 0 spiro atoms. The number of nitrogens with zero attached hydrogens (tertiary/aromatic N) is 3. The van der Waals surface area contributed by atoms with Gasteiger partial charge in [0.1, 0.15) is 17.7 Å². The van der Waals surface area contributed by atoms with Crippen molar-refractivity contribution in [1.29, 1.82) is 0 Å². The van der Waals surface area contributed by atoms with Gasteiger partial charge < -0.3 is 20.7 Å². The van der Waals surface area contributed by atoms with Crippen molar-refractivity contribution in [1.82, 2.24) is 9.97 Å². The Morgan fingerprint density at radius 3 is 3.18 bits per heavy atom. The van der Waals surface area contributed by atoms with E-state index >= 15 is 0 Å². The molecule has 2 heterocycles. The molecule has 1 amide bonds. The van der Waals surface area contributed by atoms with Crippen LogP contribution in [0, 0.1) is 0 Å². The first-order valence-corrected chi connectivity index (χ1v) is 5.36. The van der Waals surface area contributed by atoms with E-state index in [9.17, 15) is 4.79 Å². The van der Waals surface area contributed by atoms with E-state index < -0.39 is 11.9 Å². The number of anilines is 2. The monoisotopic (exact) mass is 237 g/mol. The number of hydrogen-bond donors (Lipinski definition) is 2. The van der Waals surface area contributed by atoms with E-state index in [2.05, 4.69) is 15.3 Å². The molecule has 0 bridgehead atoms. The van der Waals surface area contributed by atoms with E-state index in [1.54, 1.807) is 19.4 Å². The second kappa shape index (κ2) is 4.96. The average molecular weight is 237 g/mol. The molecule has 1 aromatic heterocycles. The Bertz CT molecular complexity index is 411. The highest BCUT2D eigenvalue weighted by Gasteiger charge is 2.28. The second-order valence-corrected chi connectivity index (χ2v) is 3.70. The molecule has 1 atom stereocenters. The molecule has 0 saturated carbocycles. The molecule has 1 aliphatic rings. The summed E-state index contributed by atoms with van der Waals surface area (Å²) in [5.41, 5.74) is 5.34. The van der Waals surface area contributed by atoms with Crippen molar-refractivity contribution in [2.75, 3.05) is 37.0 Å². The normalized spacial score (nSPS) is 20.1. The minimum absolute atomic E-state index is 0.292. The summed E-state index contributed by atoms with van der Waals surface area (Å²) < 4.78 is 5.25. The van der Waals surface area contributed by atoms with Gasteiger partial charge in [-0.3, -0.25) is 9.78 Å². The Balaban J connectivity index is 2.26. The van der Waals surface area contributed by atoms with Crippen LogP contribution in [0.5, 0.6) is 0 Å². The van der Waals surface area contributed by atoms with Crippen LogP contribution in [0.4, 0.5) is 11.6 Å². The lowest BCUT2D eigenvalue weighted by Gasteiger charge is -2.34. The molecular weight excluding hydrogens is 222 g/mol. The predicted molar refractivity (Wildman–Crippen MR) is 62.7 cm³/mol. The van der Waals surface area contributed by atoms with Crippen molar-refractivity contribution in [3.05, 3.63) is 12.4 Å². The molecular formula is C10H15N5O2. The molecule has 2 rings (SSSR count). The molecule has 3 N–H and O–H groups in total. The fourth-order valence-electron chi connectivity index (χ4n) is 1.73. The van der Waals surface area contributed by atoms with Crippen LogP contribution in [0.15, 0.2) is 12.4 Å². The molecule has 7 heteroatoms. The highest BCUT2D eigenvalue weighted by atomic mass is 16.5. The van der Waals surface area contributed by atoms with Crippen LogP contribution in [-0.4, -0.2) is 48.7 Å². The lowest BCUT2D eigenvalue weighted by molar-refractivity contribution is -0.121. The Labute approximate surface area is 99.0 Å². The van der Waals surface area contributed by atoms with Crippen LogP contribution in [0.3, 0.4) is 0 Å². The minimum Gasteiger partial charge on any atom is -0.377 e. The van der Waals surface area contributed by atoms with Crippen molar-refractivity contribution in [3.63, 3.8) is 0 Å². The zero-order chi connectivity index (χ0) is 12.3. The van der Waals surface area contributed by atoms with Crippen molar-refractivity contribution < 1.29 is 9.53 Å². The van der Waals surface area contributed by atoms with Gasteiger partial charge in [-0.25, -0.2) is 4.98 Å². The van der Waals surface area contributed by atoms with Gasteiger partial charge >= 0.3 is 0 Å². The summed E-state index contributed by atoms with van der Waals surface area (Å²) >= 11 is 0. The van der Waals surface area contributed by atoms with E-state index in [0.717, 1.165) is 0 Å². The number of nitrogens with two attached hydrogens (primary N) is 1. The van der Waals surface area contributed by atoms with E-state index in [4.69, 9.17) is 10.5 Å². The number of carbonyl (C=O) groups excluding carboxylic acids is 1. The Morgan fingerprint density at radius 1 is 1.65 bits per heavy atom. The van der Waals surface area contributed by atoms with Gasteiger partial charge in [-0.15, -0.1) is 0 Å². The molecule has 92 valence electrons. The maximum atomic E-state index is 11.3. The Hall–Kier alpha value is -1.89. The summed E-state index contributed by atoms with van der Waals surface area (Å²) in [7, 11) is 1.76. The fourth-order valence-corrected chi connectivity index (χ4v) is 1.73. The number of carbonyl (C=O) groups is 1. The molecule has 1 fully saturated rings. The van der Waals surface area contributed by atoms with E-state index in [1.807, 2.05) is 4.90 Å². The number of nitrogens with one attached hydrogen (secondary N) is 1. The summed E-state index contributed by atoms with van der Waals surface area (Å²) in [4.78, 5) is 21.5. The van der Waals surface area contributed by atoms with E-state index in [-0.39, 0.29) is 0 Å². The number of aromatic nitrogens is 2. The van der Waals surface area contributed by atoms with Crippen LogP contribution in [0.25, 0.3) is 0 Å². The smallest absolute Gasteiger partial charge is 0.242 e. The Kier molecular flexibility index (Phi) is 3.38. The summed E-state index contributed by atoms with van der Waals surface area (Å²) in [6.45, 7) is 1.42. The predicted octanol–water partition coefficient (Wildman–Crippen LogP) is -0.791. The van der Waals surface area contributed by atoms with Gasteiger partial charge in [0.15, 0.2) is 0 Å². The van der Waals surface area contributed by atoms with Gasteiger partial charge in [0, 0.05) is 13.6 Å². The topological polar surface area (TPSA) is 93.4 Å². The lowest BCUT2D eigenvalue weighted by atomic mass is 10.2. The highest BCUT2D eigenvalue weighted by Crippen LogP contribution is 2.17. The number of ether oxygens (including phenoxy) is 1. The fraction of sp³-hybridized carbons (Fsp3) is 0.500. The number of hydrogen-bond acceptors (Lipinski definition) is 6. The van der Waals surface area contributed by atoms with E-state index in [0.29, 0.717) is 31.4 Å². The van der Waals surface area contributed by atoms with Gasteiger partial charge in [-0.1, -0.05) is 0 Å². The number of amides is 1. The van der Waals surface area contributed by atoms with E-state index in [1.165, 1.54) is 0 Å². The zero-order valence-corrected chi connectivity index (χ0v) is 9.59. The lowest BCUT2D eigenvalue weighted by Crippen LogP contribution is -2.53. The maximum absolute atomic E-state index is 11.3. The maximum Gasteiger partial charge on any atom is 0.242 e.